The molecular weight excluding hydrogens is 388 g/mol. The number of para-hydroxylation sites is 1. The second kappa shape index (κ2) is 10.4. The van der Waals surface area contributed by atoms with Gasteiger partial charge in [-0.2, -0.15) is 0 Å². The zero-order valence-corrected chi connectivity index (χ0v) is 20.1. The first kappa shape index (κ1) is 23.4. The number of halogens is 1. The van der Waals surface area contributed by atoms with Gasteiger partial charge in [0.15, 0.2) is 0 Å². The number of aromatic amines is 1. The van der Waals surface area contributed by atoms with E-state index in [0.29, 0.717) is 5.54 Å². The quantitative estimate of drug-likeness (QED) is 0.477. The van der Waals surface area contributed by atoms with Gasteiger partial charge in [0, 0.05) is 22.1 Å². The molecule has 1 aromatic heterocycles. The molecule has 4 rings (SSSR count). The number of H-pyrrole nitrogens is 1. The number of nitrogens with zero attached hydrogens (tertiary/aromatic N) is 1. The number of hydrogen-bond acceptors (Lipinski definition) is 1. The van der Waals surface area contributed by atoms with Crippen molar-refractivity contribution < 1.29 is 0 Å². The van der Waals surface area contributed by atoms with Crippen LogP contribution in [-0.4, -0.2) is 29.5 Å². The van der Waals surface area contributed by atoms with Gasteiger partial charge < -0.3 is 9.88 Å². The number of unbranched alkanes of at least 4 members (excludes halogenated alkanes) is 1. The molecule has 1 saturated carbocycles. The highest BCUT2D eigenvalue weighted by Gasteiger charge is 2.34. The minimum atomic E-state index is 0. The minimum absolute atomic E-state index is 0. The molecule has 0 spiro atoms. The van der Waals surface area contributed by atoms with E-state index in [2.05, 4.69) is 61.2 Å². The first-order chi connectivity index (χ1) is 14.1. The molecule has 0 saturated heterocycles. The van der Waals surface area contributed by atoms with Crippen LogP contribution in [0.15, 0.2) is 30.3 Å². The second-order valence-electron chi connectivity index (χ2n) is 9.89. The topological polar surface area (TPSA) is 19.0 Å². The van der Waals surface area contributed by atoms with Gasteiger partial charge in [0.05, 0.1) is 0 Å². The summed E-state index contributed by atoms with van der Waals surface area (Å²) in [5.41, 5.74) is 6.31. The maximum Gasteiger partial charge on any atom is 0.0461 e. The van der Waals surface area contributed by atoms with Gasteiger partial charge in [0.25, 0.3) is 0 Å². The summed E-state index contributed by atoms with van der Waals surface area (Å²) in [6, 6.07) is 8.98. The summed E-state index contributed by atoms with van der Waals surface area (Å²) in [6.45, 7) is 2.31. The van der Waals surface area contributed by atoms with E-state index in [4.69, 9.17) is 0 Å². The lowest BCUT2D eigenvalue weighted by Gasteiger charge is -2.42. The number of aromatic nitrogens is 1. The predicted octanol–water partition coefficient (Wildman–Crippen LogP) is 7.77. The summed E-state index contributed by atoms with van der Waals surface area (Å²) in [4.78, 5) is 6.35. The van der Waals surface area contributed by atoms with Crippen molar-refractivity contribution >= 4 is 28.9 Å². The molecule has 1 aromatic carbocycles. The SMILES string of the molecule is CCCCC1(N(C)C)CC=C(c2[nH]c3ccccc3c2CC2CCCCC2)CC1.Cl. The van der Waals surface area contributed by atoms with Crippen LogP contribution in [0, 0.1) is 5.92 Å². The first-order valence-corrected chi connectivity index (χ1v) is 12.1. The monoisotopic (exact) mass is 428 g/mol. The van der Waals surface area contributed by atoms with Crippen molar-refractivity contribution in [2.75, 3.05) is 14.1 Å². The maximum atomic E-state index is 3.84. The molecule has 2 aliphatic rings. The van der Waals surface area contributed by atoms with Crippen molar-refractivity contribution in [3.63, 3.8) is 0 Å². The van der Waals surface area contributed by atoms with E-state index in [0.717, 1.165) is 5.92 Å². The Morgan fingerprint density at radius 2 is 1.87 bits per heavy atom. The van der Waals surface area contributed by atoms with E-state index in [9.17, 15) is 0 Å². The van der Waals surface area contributed by atoms with Crippen molar-refractivity contribution in [2.45, 2.75) is 89.5 Å². The molecule has 30 heavy (non-hydrogen) atoms. The molecular formula is C27H41ClN2. The average molecular weight is 429 g/mol. The standard InChI is InChI=1S/C27H40N2.ClH/c1-4-5-17-27(29(2)3)18-15-22(16-19-27)26-24(20-21-11-7-6-8-12-21)23-13-9-10-14-25(23)28-26;/h9-10,13-15,21,28H,4-8,11-12,16-20H2,1-3H3;1H. The van der Waals surface area contributed by atoms with Gasteiger partial charge in [0.2, 0.25) is 0 Å². The van der Waals surface area contributed by atoms with Crippen molar-refractivity contribution in [2.24, 2.45) is 5.92 Å². The minimum Gasteiger partial charge on any atom is -0.355 e. The van der Waals surface area contributed by atoms with Gasteiger partial charge >= 0.3 is 0 Å². The largest absolute Gasteiger partial charge is 0.355 e. The van der Waals surface area contributed by atoms with Crippen molar-refractivity contribution in [3.05, 3.63) is 41.6 Å². The highest BCUT2D eigenvalue weighted by atomic mass is 35.5. The van der Waals surface area contributed by atoms with Crippen molar-refractivity contribution in [1.29, 1.82) is 0 Å². The molecule has 1 atom stereocenters. The molecule has 0 aliphatic heterocycles. The number of fused-ring (bicyclic) bond motifs is 1. The molecule has 1 heterocycles. The fourth-order valence-electron chi connectivity index (χ4n) is 5.84. The summed E-state index contributed by atoms with van der Waals surface area (Å²) in [6.07, 6.45) is 18.6. The van der Waals surface area contributed by atoms with E-state index in [1.54, 1.807) is 11.1 Å². The molecule has 1 fully saturated rings. The van der Waals surface area contributed by atoms with Crippen LogP contribution in [0.2, 0.25) is 0 Å². The molecule has 0 bridgehead atoms. The van der Waals surface area contributed by atoms with E-state index < -0.39 is 0 Å². The van der Waals surface area contributed by atoms with Gasteiger partial charge in [-0.15, -0.1) is 12.4 Å². The summed E-state index contributed by atoms with van der Waals surface area (Å²) in [5, 5.41) is 1.46. The summed E-state index contributed by atoms with van der Waals surface area (Å²) >= 11 is 0. The Balaban J connectivity index is 0.00000256. The van der Waals surface area contributed by atoms with Gasteiger partial charge in [0.1, 0.15) is 0 Å². The third-order valence-corrected chi connectivity index (χ3v) is 7.88. The number of benzene rings is 1. The summed E-state index contributed by atoms with van der Waals surface area (Å²) in [7, 11) is 4.57. The molecule has 2 aromatic rings. The molecule has 3 heteroatoms. The van der Waals surface area contributed by atoms with E-state index in [1.807, 2.05) is 0 Å². The van der Waals surface area contributed by atoms with E-state index in [-0.39, 0.29) is 12.4 Å². The van der Waals surface area contributed by atoms with Crippen LogP contribution in [0.5, 0.6) is 0 Å². The lowest BCUT2D eigenvalue weighted by Crippen LogP contribution is -2.45. The number of rotatable bonds is 7. The van der Waals surface area contributed by atoms with Gasteiger partial charge in [-0.25, -0.2) is 0 Å². The van der Waals surface area contributed by atoms with Crippen molar-refractivity contribution in [1.82, 2.24) is 9.88 Å². The summed E-state index contributed by atoms with van der Waals surface area (Å²) < 4.78 is 0. The van der Waals surface area contributed by atoms with Crippen LogP contribution < -0.4 is 0 Å². The van der Waals surface area contributed by atoms with Crippen LogP contribution in [0.25, 0.3) is 16.5 Å². The fourth-order valence-corrected chi connectivity index (χ4v) is 5.84. The normalized spacial score (nSPS) is 22.9. The average Bonchev–Trinajstić information content (AvgIpc) is 3.11. The highest BCUT2D eigenvalue weighted by Crippen LogP contribution is 2.41. The Morgan fingerprint density at radius 1 is 1.10 bits per heavy atom. The third-order valence-electron chi connectivity index (χ3n) is 7.88. The number of nitrogens with one attached hydrogen (secondary N) is 1. The Morgan fingerprint density at radius 3 is 2.53 bits per heavy atom. The van der Waals surface area contributed by atoms with Crippen molar-refractivity contribution in [3.8, 4) is 0 Å². The Kier molecular flexibility index (Phi) is 8.10. The predicted molar refractivity (Wildman–Crippen MR) is 134 cm³/mol. The van der Waals surface area contributed by atoms with E-state index >= 15 is 0 Å². The van der Waals surface area contributed by atoms with Crippen LogP contribution in [0.1, 0.15) is 88.8 Å². The van der Waals surface area contributed by atoms with E-state index in [1.165, 1.54) is 93.6 Å². The highest BCUT2D eigenvalue weighted by molar-refractivity contribution is 5.89. The Hall–Kier alpha value is -1.25. The maximum absolute atomic E-state index is 3.84. The molecule has 2 aliphatic carbocycles. The number of hydrogen-bond donors (Lipinski definition) is 1. The first-order valence-electron chi connectivity index (χ1n) is 12.1. The van der Waals surface area contributed by atoms with Gasteiger partial charge in [-0.1, -0.05) is 76.1 Å². The molecule has 0 radical (unpaired) electrons. The van der Waals surface area contributed by atoms with Gasteiger partial charge in [-0.05, 0) is 69.3 Å². The van der Waals surface area contributed by atoms with Crippen LogP contribution in [-0.2, 0) is 6.42 Å². The summed E-state index contributed by atoms with van der Waals surface area (Å²) in [5.74, 6) is 0.872. The Bertz CT molecular complexity index is 844. The number of allylic oxidation sites excluding steroid dienone is 1. The third kappa shape index (κ3) is 4.81. The van der Waals surface area contributed by atoms with Crippen LogP contribution >= 0.6 is 12.4 Å². The lowest BCUT2D eigenvalue weighted by molar-refractivity contribution is 0.124. The molecule has 2 nitrogen and oxygen atoms in total. The molecule has 166 valence electrons. The van der Waals surface area contributed by atoms with Gasteiger partial charge in [-0.3, -0.25) is 0 Å². The zero-order valence-electron chi connectivity index (χ0n) is 19.3. The zero-order chi connectivity index (χ0) is 20.3. The van der Waals surface area contributed by atoms with Crippen LogP contribution in [0.3, 0.4) is 0 Å². The fraction of sp³-hybridized carbons (Fsp3) is 0.630. The lowest BCUT2D eigenvalue weighted by atomic mass is 9.76. The second-order valence-corrected chi connectivity index (χ2v) is 9.89. The Labute approximate surface area is 189 Å². The molecule has 0 amide bonds. The molecule has 1 N–H and O–H groups in total. The van der Waals surface area contributed by atoms with Crippen LogP contribution in [0.4, 0.5) is 0 Å². The molecule has 1 unspecified atom stereocenters. The smallest absolute Gasteiger partial charge is 0.0461 e.